The van der Waals surface area contributed by atoms with Gasteiger partial charge in [-0.1, -0.05) is 145 Å². The van der Waals surface area contributed by atoms with Crippen LogP contribution in [0, 0.1) is 11.8 Å². The van der Waals surface area contributed by atoms with E-state index >= 15 is 0 Å². The minimum absolute atomic E-state index is 0. The van der Waals surface area contributed by atoms with Gasteiger partial charge in [-0.05, 0) is 111 Å². The van der Waals surface area contributed by atoms with Crippen molar-refractivity contribution in [3.05, 3.63) is 24.3 Å². The second-order valence-corrected chi connectivity index (χ2v) is 20.5. The average molecular weight is 695 g/mol. The van der Waals surface area contributed by atoms with Crippen molar-refractivity contribution in [1.82, 2.24) is 0 Å². The van der Waals surface area contributed by atoms with Crippen LogP contribution in [-0.4, -0.2) is 35.0 Å². The first-order valence-corrected chi connectivity index (χ1v) is 21.7. The fourth-order valence-electron chi connectivity index (χ4n) is 7.97. The Morgan fingerprint density at radius 1 is 0.415 bits per heavy atom. The molecule has 0 heterocycles. The van der Waals surface area contributed by atoms with E-state index in [1.165, 1.54) is 102 Å². The Labute approximate surface area is 275 Å². The number of rotatable bonds is 12. The Bertz CT molecular complexity index is 568. The monoisotopic (exact) mass is 694 g/mol. The molecule has 0 aromatic heterocycles. The van der Waals surface area contributed by atoms with Gasteiger partial charge in [-0.25, -0.2) is 0 Å². The molecule has 41 heavy (non-hydrogen) atoms. The molecule has 0 aromatic rings. The molecule has 0 spiro atoms. The van der Waals surface area contributed by atoms with Gasteiger partial charge in [0.05, 0.1) is 0 Å². The molecule has 4 fully saturated rings. The van der Waals surface area contributed by atoms with Crippen molar-refractivity contribution in [3.8, 4) is 0 Å². The van der Waals surface area contributed by atoms with E-state index < -0.39 is 0 Å². The summed E-state index contributed by atoms with van der Waals surface area (Å²) in [5, 5.41) is 0. The van der Waals surface area contributed by atoms with E-state index in [4.69, 9.17) is 0 Å². The van der Waals surface area contributed by atoms with Crippen molar-refractivity contribution in [2.75, 3.05) is 12.3 Å². The molecule has 3 heteroatoms. The molecule has 4 rings (SSSR count). The molecule has 4 aliphatic rings. The molecule has 4 aliphatic carbocycles. The van der Waals surface area contributed by atoms with Crippen LogP contribution in [-0.2, 0) is 20.4 Å². The second-order valence-electron chi connectivity index (χ2n) is 14.8. The fraction of sp³-hybridized carbons (Fsp3) is 0.895. The molecular formula is C38H70P2Pd. The zero-order valence-corrected chi connectivity index (χ0v) is 31.3. The predicted octanol–water partition coefficient (Wildman–Crippen LogP) is 13.5. The quantitative estimate of drug-likeness (QED) is 0.108. The van der Waals surface area contributed by atoms with Gasteiger partial charge in [0.1, 0.15) is 0 Å². The van der Waals surface area contributed by atoms with Gasteiger partial charge >= 0.3 is 0 Å². The molecule has 0 aromatic carbocycles. The van der Waals surface area contributed by atoms with Gasteiger partial charge in [0.25, 0.3) is 0 Å². The first-order valence-electron chi connectivity index (χ1n) is 18.4. The SMILES string of the molecule is CC(C)CC=CCP(C1CCCCC1)C1CCCCC1.CC(C)CC=CCP(C1CCCCC1)C1CCCCC1.[Pd]. The van der Waals surface area contributed by atoms with E-state index in [9.17, 15) is 0 Å². The molecule has 0 bridgehead atoms. The van der Waals surface area contributed by atoms with Crippen molar-refractivity contribution in [1.29, 1.82) is 0 Å². The first-order chi connectivity index (χ1) is 19.5. The molecule has 0 saturated heterocycles. The zero-order valence-electron chi connectivity index (χ0n) is 28.0. The Kier molecular flexibility index (Phi) is 21.8. The molecule has 0 aliphatic heterocycles. The molecule has 242 valence electrons. The van der Waals surface area contributed by atoms with E-state index in [-0.39, 0.29) is 36.3 Å². The fourth-order valence-corrected chi connectivity index (χ4v) is 15.3. The molecule has 0 radical (unpaired) electrons. The molecular weight excluding hydrogens is 625 g/mol. The molecule has 0 nitrogen and oxygen atoms in total. The van der Waals surface area contributed by atoms with Crippen LogP contribution in [0.2, 0.25) is 0 Å². The van der Waals surface area contributed by atoms with Gasteiger partial charge in [-0.3, -0.25) is 0 Å². The van der Waals surface area contributed by atoms with Crippen molar-refractivity contribution >= 4 is 15.8 Å². The zero-order chi connectivity index (χ0) is 28.4. The maximum atomic E-state index is 2.56. The Morgan fingerprint density at radius 3 is 0.878 bits per heavy atom. The molecule has 0 N–H and O–H groups in total. The summed E-state index contributed by atoms with van der Waals surface area (Å²) in [5.74, 6) is 1.64. The number of hydrogen-bond acceptors (Lipinski definition) is 0. The standard InChI is InChI=1S/2C19H35P.Pd/c2*1-17(2)11-9-10-16-20(18-12-5-3-6-13-18)19-14-7-4-8-15-19;/h2*9-10,17-19H,3-8,11-16H2,1-2H3;. The van der Waals surface area contributed by atoms with Gasteiger partial charge in [-0.15, -0.1) is 0 Å². The van der Waals surface area contributed by atoms with E-state index in [1.807, 2.05) is 0 Å². The maximum Gasteiger partial charge on any atom is 0 e. The summed E-state index contributed by atoms with van der Waals surface area (Å²) in [6.45, 7) is 9.32. The minimum Gasteiger partial charge on any atom is -0.0965 e. The second kappa shape index (κ2) is 23.4. The summed E-state index contributed by atoms with van der Waals surface area (Å²) in [4.78, 5) is 0. The van der Waals surface area contributed by atoms with Gasteiger partial charge in [-0.2, -0.15) is 0 Å². The van der Waals surface area contributed by atoms with Crippen LogP contribution >= 0.6 is 15.8 Å². The molecule has 4 saturated carbocycles. The van der Waals surface area contributed by atoms with Crippen molar-refractivity contribution in [3.63, 3.8) is 0 Å². The Morgan fingerprint density at radius 2 is 0.659 bits per heavy atom. The average Bonchev–Trinajstić information content (AvgIpc) is 2.99. The third-order valence-corrected chi connectivity index (χ3v) is 17.4. The molecule has 0 amide bonds. The van der Waals surface area contributed by atoms with Gasteiger partial charge in [0.15, 0.2) is 0 Å². The van der Waals surface area contributed by atoms with Crippen LogP contribution in [0.5, 0.6) is 0 Å². The summed E-state index contributed by atoms with van der Waals surface area (Å²) in [6.07, 6.45) is 46.2. The Balaban J connectivity index is 0.000000280. The first kappa shape index (κ1) is 38.2. The third kappa shape index (κ3) is 15.7. The van der Waals surface area contributed by atoms with Crippen LogP contribution in [0.25, 0.3) is 0 Å². The summed E-state index contributed by atoms with van der Waals surface area (Å²) < 4.78 is 0. The van der Waals surface area contributed by atoms with Gasteiger partial charge in [0.2, 0.25) is 0 Å². The summed E-state index contributed by atoms with van der Waals surface area (Å²) >= 11 is 0. The maximum absolute atomic E-state index is 2.56. The minimum atomic E-state index is 0. The van der Waals surface area contributed by atoms with Crippen LogP contribution in [0.4, 0.5) is 0 Å². The summed E-state index contributed by atoms with van der Waals surface area (Å²) in [7, 11) is 0.571. The van der Waals surface area contributed by atoms with Crippen LogP contribution < -0.4 is 0 Å². The van der Waals surface area contributed by atoms with E-state index in [0.717, 1.165) is 34.5 Å². The number of allylic oxidation sites excluding steroid dienone is 4. The van der Waals surface area contributed by atoms with Crippen LogP contribution in [0.15, 0.2) is 24.3 Å². The summed E-state index contributed by atoms with van der Waals surface area (Å²) in [6, 6.07) is 0. The van der Waals surface area contributed by atoms with Crippen molar-refractivity contribution in [2.45, 2.75) is 192 Å². The van der Waals surface area contributed by atoms with Crippen LogP contribution in [0.3, 0.4) is 0 Å². The van der Waals surface area contributed by atoms with Gasteiger partial charge in [0, 0.05) is 20.4 Å². The summed E-state index contributed by atoms with van der Waals surface area (Å²) in [5.41, 5.74) is 4.46. The Hall–Kier alpha value is 1.00. The smallest absolute Gasteiger partial charge is 0 e. The number of hydrogen-bond donors (Lipinski definition) is 0. The largest absolute Gasteiger partial charge is 0.0965 e. The van der Waals surface area contributed by atoms with Crippen molar-refractivity contribution in [2.24, 2.45) is 11.8 Å². The van der Waals surface area contributed by atoms with Crippen molar-refractivity contribution < 1.29 is 20.4 Å². The third-order valence-electron chi connectivity index (χ3n) is 10.4. The molecule has 0 atom stereocenters. The van der Waals surface area contributed by atoms with E-state index in [1.54, 1.807) is 51.4 Å². The van der Waals surface area contributed by atoms with E-state index in [0.29, 0.717) is 0 Å². The predicted molar refractivity (Wildman–Crippen MR) is 188 cm³/mol. The normalized spacial score (nSPS) is 22.6. The topological polar surface area (TPSA) is 0 Å². The molecule has 0 unspecified atom stereocenters. The van der Waals surface area contributed by atoms with E-state index in [2.05, 4.69) is 52.0 Å². The van der Waals surface area contributed by atoms with Crippen LogP contribution in [0.1, 0.15) is 169 Å². The van der Waals surface area contributed by atoms with Gasteiger partial charge < -0.3 is 0 Å².